The van der Waals surface area contributed by atoms with E-state index >= 15 is 0 Å². The van der Waals surface area contributed by atoms with Crippen LogP contribution in [-0.4, -0.2) is 27.6 Å². The predicted octanol–water partition coefficient (Wildman–Crippen LogP) is 2.38. The van der Waals surface area contributed by atoms with Crippen molar-refractivity contribution in [3.05, 3.63) is 52.6 Å². The van der Waals surface area contributed by atoms with Gasteiger partial charge in [-0.3, -0.25) is 9.48 Å². The van der Waals surface area contributed by atoms with Gasteiger partial charge in [-0.05, 0) is 31.5 Å². The normalized spacial score (nSPS) is 10.7. The number of amides is 1. The van der Waals surface area contributed by atoms with E-state index in [1.165, 1.54) is 12.1 Å². The summed E-state index contributed by atoms with van der Waals surface area (Å²) in [7, 11) is 3.63. The van der Waals surface area contributed by atoms with E-state index < -0.39 is 0 Å². The van der Waals surface area contributed by atoms with Crippen LogP contribution >= 0.6 is 0 Å². The molecule has 4 nitrogen and oxygen atoms in total. The molecular weight excluding hydrogens is 269 g/mol. The van der Waals surface area contributed by atoms with Crippen molar-refractivity contribution in [3.63, 3.8) is 0 Å². The first kappa shape index (κ1) is 15.2. The third-order valence-corrected chi connectivity index (χ3v) is 3.75. The van der Waals surface area contributed by atoms with Crippen molar-refractivity contribution in [1.82, 2.24) is 14.7 Å². The number of hydrogen-bond donors (Lipinski definition) is 0. The summed E-state index contributed by atoms with van der Waals surface area (Å²) in [5, 5.41) is 4.32. The van der Waals surface area contributed by atoms with Crippen molar-refractivity contribution >= 4 is 5.91 Å². The van der Waals surface area contributed by atoms with Gasteiger partial charge in [-0.2, -0.15) is 5.10 Å². The Hall–Kier alpha value is -2.17. The second-order valence-electron chi connectivity index (χ2n) is 5.33. The summed E-state index contributed by atoms with van der Waals surface area (Å²) in [6, 6.07) is 6.20. The van der Waals surface area contributed by atoms with E-state index in [9.17, 15) is 9.18 Å². The van der Waals surface area contributed by atoms with E-state index in [1.54, 1.807) is 28.8 Å². The van der Waals surface area contributed by atoms with E-state index in [0.29, 0.717) is 13.0 Å². The van der Waals surface area contributed by atoms with E-state index in [1.807, 2.05) is 20.9 Å². The number of aromatic nitrogens is 2. The Morgan fingerprint density at radius 2 is 1.90 bits per heavy atom. The Labute approximate surface area is 124 Å². The molecule has 2 aromatic rings. The lowest BCUT2D eigenvalue weighted by Gasteiger charge is -2.17. The lowest BCUT2D eigenvalue weighted by molar-refractivity contribution is -0.129. The van der Waals surface area contributed by atoms with Gasteiger partial charge in [0.1, 0.15) is 5.82 Å². The molecular formula is C16H20FN3O. The lowest BCUT2D eigenvalue weighted by atomic mass is 10.1. The minimum absolute atomic E-state index is 0.0264. The minimum atomic E-state index is -0.269. The van der Waals surface area contributed by atoms with Gasteiger partial charge in [-0.1, -0.05) is 12.1 Å². The van der Waals surface area contributed by atoms with Gasteiger partial charge in [0.25, 0.3) is 0 Å². The molecule has 0 radical (unpaired) electrons. The predicted molar refractivity (Wildman–Crippen MR) is 79.3 cm³/mol. The van der Waals surface area contributed by atoms with Gasteiger partial charge in [-0.25, -0.2) is 4.39 Å². The van der Waals surface area contributed by atoms with E-state index in [0.717, 1.165) is 22.5 Å². The highest BCUT2D eigenvalue weighted by atomic mass is 19.1. The quantitative estimate of drug-likeness (QED) is 0.866. The average Bonchev–Trinajstić information content (AvgIpc) is 2.68. The van der Waals surface area contributed by atoms with E-state index in [4.69, 9.17) is 0 Å². The first-order chi connectivity index (χ1) is 9.88. The van der Waals surface area contributed by atoms with Crippen molar-refractivity contribution < 1.29 is 9.18 Å². The lowest BCUT2D eigenvalue weighted by Crippen LogP contribution is -2.28. The Morgan fingerprint density at radius 1 is 1.29 bits per heavy atom. The van der Waals surface area contributed by atoms with Crippen LogP contribution in [0.2, 0.25) is 0 Å². The van der Waals surface area contributed by atoms with Crippen LogP contribution in [0.15, 0.2) is 24.3 Å². The van der Waals surface area contributed by atoms with Crippen molar-refractivity contribution in [3.8, 4) is 0 Å². The molecule has 0 fully saturated rings. The highest BCUT2D eigenvalue weighted by Crippen LogP contribution is 2.14. The van der Waals surface area contributed by atoms with Crippen molar-refractivity contribution in [2.45, 2.75) is 26.8 Å². The second-order valence-corrected chi connectivity index (χ2v) is 5.33. The number of hydrogen-bond acceptors (Lipinski definition) is 2. The number of nitrogens with zero attached hydrogens (tertiary/aromatic N) is 3. The van der Waals surface area contributed by atoms with Gasteiger partial charge >= 0.3 is 0 Å². The third kappa shape index (κ3) is 3.48. The molecule has 5 heteroatoms. The summed E-state index contributed by atoms with van der Waals surface area (Å²) in [6.45, 7) is 4.34. The molecule has 21 heavy (non-hydrogen) atoms. The highest BCUT2D eigenvalue weighted by Gasteiger charge is 2.16. The zero-order valence-corrected chi connectivity index (χ0v) is 12.9. The number of rotatable bonds is 4. The zero-order chi connectivity index (χ0) is 15.6. The summed E-state index contributed by atoms with van der Waals surface area (Å²) in [4.78, 5) is 14.0. The van der Waals surface area contributed by atoms with Crippen LogP contribution in [-0.2, 0) is 24.8 Å². The van der Waals surface area contributed by atoms with Gasteiger partial charge in [-0.15, -0.1) is 0 Å². The van der Waals surface area contributed by atoms with Crippen LogP contribution in [0.4, 0.5) is 4.39 Å². The summed E-state index contributed by atoms with van der Waals surface area (Å²) < 4.78 is 14.7. The number of likely N-dealkylation sites (N-methyl/N-ethyl adjacent to an activating group) is 1. The third-order valence-electron chi connectivity index (χ3n) is 3.75. The first-order valence-corrected chi connectivity index (χ1v) is 6.86. The number of benzene rings is 1. The van der Waals surface area contributed by atoms with Crippen molar-refractivity contribution in [2.24, 2.45) is 7.05 Å². The molecule has 112 valence electrons. The molecule has 1 heterocycles. The molecule has 0 aliphatic heterocycles. The fraction of sp³-hybridized carbons (Fsp3) is 0.375. The fourth-order valence-electron chi connectivity index (χ4n) is 2.31. The Kier molecular flexibility index (Phi) is 4.40. The van der Waals surface area contributed by atoms with Crippen LogP contribution in [0.5, 0.6) is 0 Å². The maximum absolute atomic E-state index is 12.9. The zero-order valence-electron chi connectivity index (χ0n) is 12.9. The van der Waals surface area contributed by atoms with Gasteiger partial charge in [0.05, 0.1) is 12.1 Å². The number of aryl methyl sites for hydroxylation is 2. The summed E-state index contributed by atoms with van der Waals surface area (Å²) >= 11 is 0. The molecule has 0 aliphatic rings. The number of carbonyl (C=O) groups is 1. The summed E-state index contributed by atoms with van der Waals surface area (Å²) in [5.41, 5.74) is 3.79. The van der Waals surface area contributed by atoms with Gasteiger partial charge in [0.15, 0.2) is 0 Å². The Balaban J connectivity index is 2.04. The number of halogens is 1. The molecule has 1 aromatic carbocycles. The topological polar surface area (TPSA) is 38.1 Å². The average molecular weight is 289 g/mol. The molecule has 0 N–H and O–H groups in total. The van der Waals surface area contributed by atoms with Gasteiger partial charge < -0.3 is 4.90 Å². The standard InChI is InChI=1S/C16H20FN3O/c1-11-15(12(2)20(4)18-11)9-16(21)19(3)10-13-5-7-14(17)8-6-13/h5-8H,9-10H2,1-4H3. The Bertz CT molecular complexity index is 646. The van der Waals surface area contributed by atoms with E-state index in [2.05, 4.69) is 5.10 Å². The van der Waals surface area contributed by atoms with Crippen molar-refractivity contribution in [1.29, 1.82) is 0 Å². The van der Waals surface area contributed by atoms with Crippen LogP contribution in [0, 0.1) is 19.7 Å². The van der Waals surface area contributed by atoms with Crippen LogP contribution in [0.25, 0.3) is 0 Å². The van der Waals surface area contributed by atoms with Crippen LogP contribution < -0.4 is 0 Å². The smallest absolute Gasteiger partial charge is 0.227 e. The molecule has 0 unspecified atom stereocenters. The van der Waals surface area contributed by atoms with E-state index in [-0.39, 0.29) is 11.7 Å². The number of carbonyl (C=O) groups excluding carboxylic acids is 1. The molecule has 2 rings (SSSR count). The van der Waals surface area contributed by atoms with Gasteiger partial charge in [0.2, 0.25) is 5.91 Å². The Morgan fingerprint density at radius 3 is 2.43 bits per heavy atom. The highest BCUT2D eigenvalue weighted by molar-refractivity contribution is 5.79. The summed E-state index contributed by atoms with van der Waals surface area (Å²) in [6.07, 6.45) is 0.337. The summed E-state index contributed by atoms with van der Waals surface area (Å²) in [5.74, 6) is -0.243. The molecule has 0 bridgehead atoms. The van der Waals surface area contributed by atoms with Crippen molar-refractivity contribution in [2.75, 3.05) is 7.05 Å². The maximum Gasteiger partial charge on any atom is 0.227 e. The fourth-order valence-corrected chi connectivity index (χ4v) is 2.31. The maximum atomic E-state index is 12.9. The SMILES string of the molecule is Cc1nn(C)c(C)c1CC(=O)N(C)Cc1ccc(F)cc1. The molecule has 0 saturated carbocycles. The molecule has 0 atom stereocenters. The largest absolute Gasteiger partial charge is 0.341 e. The second kappa shape index (κ2) is 6.08. The molecule has 0 spiro atoms. The van der Waals surface area contributed by atoms with Gasteiger partial charge in [0, 0.05) is 31.9 Å². The molecule has 1 aromatic heterocycles. The molecule has 1 amide bonds. The monoisotopic (exact) mass is 289 g/mol. The van der Waals surface area contributed by atoms with Crippen LogP contribution in [0.1, 0.15) is 22.5 Å². The first-order valence-electron chi connectivity index (χ1n) is 6.86. The molecule has 0 saturated heterocycles. The minimum Gasteiger partial charge on any atom is -0.341 e. The van der Waals surface area contributed by atoms with Crippen LogP contribution in [0.3, 0.4) is 0 Å². The molecule has 0 aliphatic carbocycles.